The Labute approximate surface area is 115 Å². The quantitative estimate of drug-likeness (QED) is 0.750. The Morgan fingerprint density at radius 3 is 2.71 bits per heavy atom. The van der Waals surface area contributed by atoms with Crippen molar-refractivity contribution >= 4 is 27.5 Å². The Balaban J connectivity index is 2.20. The first-order valence-corrected chi connectivity index (χ1v) is 6.70. The Kier molecular flexibility index (Phi) is 4.19. The van der Waals surface area contributed by atoms with Gasteiger partial charge in [-0.3, -0.25) is 4.98 Å². The van der Waals surface area contributed by atoms with E-state index >= 15 is 0 Å². The second-order valence-electron chi connectivity index (χ2n) is 3.96. The number of alkyl halides is 1. The van der Waals surface area contributed by atoms with Crippen molar-refractivity contribution in [3.8, 4) is 0 Å². The molecule has 1 nitrogen and oxygen atoms in total. The van der Waals surface area contributed by atoms with E-state index in [9.17, 15) is 0 Å². The van der Waals surface area contributed by atoms with Gasteiger partial charge in [-0.15, -0.1) is 11.6 Å². The number of nitrogens with zero attached hydrogens (tertiary/aromatic N) is 1. The highest BCUT2D eigenvalue weighted by Crippen LogP contribution is 2.30. The van der Waals surface area contributed by atoms with Crippen LogP contribution in [0.5, 0.6) is 0 Å². The molecule has 3 heteroatoms. The molecule has 0 aliphatic carbocycles. The molecule has 0 saturated heterocycles. The van der Waals surface area contributed by atoms with E-state index in [0.29, 0.717) is 0 Å². The molecule has 2 rings (SSSR count). The minimum Gasteiger partial charge on any atom is -0.261 e. The van der Waals surface area contributed by atoms with Crippen molar-refractivity contribution in [3.63, 3.8) is 0 Å². The number of hydrogen-bond acceptors (Lipinski definition) is 1. The molecular weight excluding hydrogens is 298 g/mol. The summed E-state index contributed by atoms with van der Waals surface area (Å²) in [6.45, 7) is 2.06. The Hall–Kier alpha value is -0.860. The summed E-state index contributed by atoms with van der Waals surface area (Å²) in [5, 5.41) is -0.0563. The Morgan fingerprint density at radius 1 is 1.24 bits per heavy atom. The molecule has 0 spiro atoms. The van der Waals surface area contributed by atoms with Crippen LogP contribution in [0.1, 0.15) is 22.2 Å². The maximum atomic E-state index is 6.45. The van der Waals surface area contributed by atoms with Crippen molar-refractivity contribution in [1.29, 1.82) is 0 Å². The molecule has 0 aliphatic heterocycles. The zero-order chi connectivity index (χ0) is 12.3. The largest absolute Gasteiger partial charge is 0.261 e. The fourth-order valence-corrected chi connectivity index (χ4v) is 2.77. The maximum Gasteiger partial charge on any atom is 0.0651 e. The van der Waals surface area contributed by atoms with Crippen molar-refractivity contribution in [2.75, 3.05) is 0 Å². The van der Waals surface area contributed by atoms with Crippen molar-refractivity contribution in [3.05, 3.63) is 63.9 Å². The lowest BCUT2D eigenvalue weighted by Crippen LogP contribution is -2.01. The lowest BCUT2D eigenvalue weighted by Gasteiger charge is -2.12. The minimum atomic E-state index is -0.0563. The summed E-state index contributed by atoms with van der Waals surface area (Å²) in [7, 11) is 0. The van der Waals surface area contributed by atoms with E-state index in [1.165, 1.54) is 5.56 Å². The summed E-state index contributed by atoms with van der Waals surface area (Å²) in [5.74, 6) is 0. The van der Waals surface area contributed by atoms with Gasteiger partial charge in [-0.25, -0.2) is 0 Å². The molecule has 0 aliphatic rings. The van der Waals surface area contributed by atoms with Crippen molar-refractivity contribution in [1.82, 2.24) is 4.98 Å². The van der Waals surface area contributed by atoms with Crippen LogP contribution >= 0.6 is 27.5 Å². The predicted octanol–water partition coefficient (Wildman–Crippen LogP) is 4.68. The normalized spacial score (nSPS) is 12.4. The van der Waals surface area contributed by atoms with Gasteiger partial charge in [0.2, 0.25) is 0 Å². The third-order valence-electron chi connectivity index (χ3n) is 2.73. The van der Waals surface area contributed by atoms with Gasteiger partial charge in [0.1, 0.15) is 0 Å². The second kappa shape index (κ2) is 5.65. The second-order valence-corrected chi connectivity index (χ2v) is 5.34. The molecule has 0 radical (unpaired) electrons. The van der Waals surface area contributed by atoms with Gasteiger partial charge in [0, 0.05) is 22.8 Å². The predicted molar refractivity (Wildman–Crippen MR) is 75.4 cm³/mol. The molecule has 88 valence electrons. The molecule has 17 heavy (non-hydrogen) atoms. The first-order valence-electron chi connectivity index (χ1n) is 5.47. The van der Waals surface area contributed by atoms with Crippen molar-refractivity contribution in [2.24, 2.45) is 0 Å². The first-order chi connectivity index (χ1) is 8.18. The number of hydrogen-bond donors (Lipinski definition) is 0. The van der Waals surface area contributed by atoms with Crippen molar-refractivity contribution in [2.45, 2.75) is 18.7 Å². The SMILES string of the molecule is Cc1cccnc1CC(Cl)c1ccccc1Br. The van der Waals surface area contributed by atoms with Crippen molar-refractivity contribution < 1.29 is 0 Å². The summed E-state index contributed by atoms with van der Waals surface area (Å²) in [6.07, 6.45) is 2.56. The van der Waals surface area contributed by atoms with Gasteiger partial charge in [0.05, 0.1) is 5.38 Å². The van der Waals surface area contributed by atoms with Gasteiger partial charge in [-0.05, 0) is 30.2 Å². The topological polar surface area (TPSA) is 12.9 Å². The van der Waals surface area contributed by atoms with E-state index in [1.54, 1.807) is 0 Å². The molecule has 1 aromatic heterocycles. The fraction of sp³-hybridized carbons (Fsp3) is 0.214. The fourth-order valence-electron chi connectivity index (χ4n) is 1.74. The van der Waals surface area contributed by atoms with E-state index in [2.05, 4.69) is 33.9 Å². The minimum absolute atomic E-state index is 0.0563. The summed E-state index contributed by atoms with van der Waals surface area (Å²) in [4.78, 5) is 4.37. The van der Waals surface area contributed by atoms with Crippen LogP contribution in [0.25, 0.3) is 0 Å². The molecule has 1 heterocycles. The average Bonchev–Trinajstić information content (AvgIpc) is 2.32. The molecule has 0 N–H and O–H groups in total. The zero-order valence-corrected chi connectivity index (χ0v) is 11.9. The lowest BCUT2D eigenvalue weighted by molar-refractivity contribution is 0.866. The number of rotatable bonds is 3. The molecule has 1 aromatic carbocycles. The molecule has 0 bridgehead atoms. The standard InChI is InChI=1S/C14H13BrClN/c1-10-5-4-8-17-14(10)9-13(16)11-6-2-3-7-12(11)15/h2-8,13H,9H2,1H3. The van der Waals surface area contributed by atoms with Crippen LogP contribution in [0.15, 0.2) is 47.1 Å². The Morgan fingerprint density at radius 2 is 2.00 bits per heavy atom. The van der Waals surface area contributed by atoms with Gasteiger partial charge in [0.25, 0.3) is 0 Å². The van der Waals surface area contributed by atoms with Crippen LogP contribution < -0.4 is 0 Å². The van der Waals surface area contributed by atoms with Crippen LogP contribution in [-0.4, -0.2) is 4.98 Å². The Bertz CT molecular complexity index is 513. The van der Waals surface area contributed by atoms with Crippen LogP contribution in [0.4, 0.5) is 0 Å². The molecule has 1 unspecified atom stereocenters. The summed E-state index contributed by atoms with van der Waals surface area (Å²) in [5.41, 5.74) is 3.35. The number of benzene rings is 1. The van der Waals surface area contributed by atoms with Gasteiger partial charge in [-0.1, -0.05) is 40.2 Å². The van der Waals surface area contributed by atoms with Crippen LogP contribution in [0, 0.1) is 6.92 Å². The summed E-state index contributed by atoms with van der Waals surface area (Å²) >= 11 is 9.97. The number of aromatic nitrogens is 1. The van der Waals surface area contributed by atoms with E-state index in [4.69, 9.17) is 11.6 Å². The van der Waals surface area contributed by atoms with Crippen LogP contribution in [0.3, 0.4) is 0 Å². The smallest absolute Gasteiger partial charge is 0.0651 e. The zero-order valence-electron chi connectivity index (χ0n) is 9.53. The van der Waals surface area contributed by atoms with E-state index in [-0.39, 0.29) is 5.38 Å². The summed E-state index contributed by atoms with van der Waals surface area (Å²) in [6, 6.07) is 12.0. The van der Waals surface area contributed by atoms with Gasteiger partial charge in [-0.2, -0.15) is 0 Å². The molecule has 0 saturated carbocycles. The van der Waals surface area contributed by atoms with Gasteiger partial charge in [0.15, 0.2) is 0 Å². The highest BCUT2D eigenvalue weighted by Gasteiger charge is 2.13. The maximum absolute atomic E-state index is 6.45. The van der Waals surface area contributed by atoms with E-state index in [1.807, 2.05) is 36.5 Å². The highest BCUT2D eigenvalue weighted by atomic mass is 79.9. The van der Waals surface area contributed by atoms with Crippen LogP contribution in [-0.2, 0) is 6.42 Å². The summed E-state index contributed by atoms with van der Waals surface area (Å²) < 4.78 is 1.05. The third-order valence-corrected chi connectivity index (χ3v) is 3.84. The van der Waals surface area contributed by atoms with Crippen LogP contribution in [0.2, 0.25) is 0 Å². The lowest BCUT2D eigenvalue weighted by atomic mass is 10.0. The monoisotopic (exact) mass is 309 g/mol. The molecular formula is C14H13BrClN. The first kappa shape index (κ1) is 12.6. The molecule has 1 atom stereocenters. The molecule has 0 fully saturated rings. The van der Waals surface area contributed by atoms with E-state index in [0.717, 1.165) is 22.2 Å². The number of pyridine rings is 1. The van der Waals surface area contributed by atoms with E-state index < -0.39 is 0 Å². The van der Waals surface area contributed by atoms with Gasteiger partial charge < -0.3 is 0 Å². The number of halogens is 2. The average molecular weight is 311 g/mol. The number of aryl methyl sites for hydroxylation is 1. The van der Waals surface area contributed by atoms with Gasteiger partial charge >= 0.3 is 0 Å². The molecule has 2 aromatic rings. The third kappa shape index (κ3) is 3.08. The highest BCUT2D eigenvalue weighted by molar-refractivity contribution is 9.10. The molecule has 0 amide bonds.